The van der Waals surface area contributed by atoms with E-state index in [2.05, 4.69) is 33.1 Å². The van der Waals surface area contributed by atoms with Gasteiger partial charge in [0.15, 0.2) is 5.17 Å². The maximum Gasteiger partial charge on any atom is 0.260 e. The zero-order valence-electron chi connectivity index (χ0n) is 14.6. The van der Waals surface area contributed by atoms with Crippen molar-refractivity contribution in [1.82, 2.24) is 4.90 Å². The summed E-state index contributed by atoms with van der Waals surface area (Å²) < 4.78 is 11.6. The van der Waals surface area contributed by atoms with E-state index in [1.807, 2.05) is 12.1 Å². The first-order valence-corrected chi connectivity index (χ1v) is 9.85. The molecule has 0 aliphatic carbocycles. The lowest BCUT2D eigenvalue weighted by Crippen LogP contribution is -2.32. The average molecular weight is 435 g/mol. The lowest BCUT2D eigenvalue weighted by atomic mass is 10.1. The molecule has 0 bridgehead atoms. The summed E-state index contributed by atoms with van der Waals surface area (Å²) in [7, 11) is 3.14. The Morgan fingerprint density at radius 1 is 1.15 bits per heavy atom. The number of aliphatic imine (C=N–C) groups is 1. The molecule has 0 atom stereocenters. The monoisotopic (exact) mass is 434 g/mol. The Kier molecular flexibility index (Phi) is 6.21. The van der Waals surface area contributed by atoms with Crippen LogP contribution in [0.5, 0.6) is 11.5 Å². The summed E-state index contributed by atoms with van der Waals surface area (Å²) >= 11 is 5.01. The molecule has 1 amide bonds. The standard InChI is InChI=1S/C19H19BrN2O3S/c1-24-16-9-14(10-17(11-16)25-2)18(23)22-8-7-21-19(22)26-12-13-3-5-15(20)6-4-13/h3-6,9-11H,7-8,12H2,1-2H3. The molecule has 136 valence electrons. The van der Waals surface area contributed by atoms with E-state index in [-0.39, 0.29) is 5.91 Å². The van der Waals surface area contributed by atoms with E-state index >= 15 is 0 Å². The van der Waals surface area contributed by atoms with Crippen LogP contribution in [0.2, 0.25) is 0 Å². The van der Waals surface area contributed by atoms with E-state index in [1.165, 1.54) is 5.56 Å². The van der Waals surface area contributed by atoms with Gasteiger partial charge in [-0.2, -0.15) is 0 Å². The first-order valence-electron chi connectivity index (χ1n) is 8.07. The highest BCUT2D eigenvalue weighted by atomic mass is 79.9. The van der Waals surface area contributed by atoms with Gasteiger partial charge < -0.3 is 9.47 Å². The summed E-state index contributed by atoms with van der Waals surface area (Å²) in [6.45, 7) is 1.20. The van der Waals surface area contributed by atoms with Crippen molar-refractivity contribution < 1.29 is 14.3 Å². The first kappa shape index (κ1) is 18.8. The van der Waals surface area contributed by atoms with Crippen molar-refractivity contribution in [3.05, 3.63) is 58.1 Å². The maximum absolute atomic E-state index is 13.0. The Balaban J connectivity index is 1.72. The van der Waals surface area contributed by atoms with Crippen LogP contribution in [0.15, 0.2) is 51.9 Å². The molecule has 26 heavy (non-hydrogen) atoms. The van der Waals surface area contributed by atoms with Crippen molar-refractivity contribution >= 4 is 38.8 Å². The summed E-state index contributed by atoms with van der Waals surface area (Å²) in [5, 5.41) is 0.750. The number of carbonyl (C=O) groups is 1. The van der Waals surface area contributed by atoms with Crippen molar-refractivity contribution in [2.45, 2.75) is 5.75 Å². The number of thioether (sulfide) groups is 1. The zero-order valence-corrected chi connectivity index (χ0v) is 17.0. The van der Waals surface area contributed by atoms with Gasteiger partial charge in [0.2, 0.25) is 0 Å². The second kappa shape index (κ2) is 8.60. The highest BCUT2D eigenvalue weighted by Gasteiger charge is 2.26. The molecule has 7 heteroatoms. The number of hydrogen-bond acceptors (Lipinski definition) is 5. The topological polar surface area (TPSA) is 51.1 Å². The van der Waals surface area contributed by atoms with E-state index in [0.29, 0.717) is 30.2 Å². The van der Waals surface area contributed by atoms with E-state index < -0.39 is 0 Å². The van der Waals surface area contributed by atoms with E-state index in [4.69, 9.17) is 9.47 Å². The van der Waals surface area contributed by atoms with Crippen LogP contribution < -0.4 is 9.47 Å². The summed E-state index contributed by atoms with van der Waals surface area (Å²) in [5.41, 5.74) is 1.71. The predicted octanol–water partition coefficient (Wildman–Crippen LogP) is 4.21. The second-order valence-electron chi connectivity index (χ2n) is 5.64. The fourth-order valence-electron chi connectivity index (χ4n) is 2.55. The Bertz CT molecular complexity index is 802. The van der Waals surface area contributed by atoms with Gasteiger partial charge in [-0.25, -0.2) is 0 Å². The highest BCUT2D eigenvalue weighted by molar-refractivity contribution is 9.10. The molecule has 0 N–H and O–H groups in total. The molecule has 0 unspecified atom stereocenters. The number of nitrogens with zero attached hydrogens (tertiary/aromatic N) is 2. The van der Waals surface area contributed by atoms with Crippen molar-refractivity contribution in [1.29, 1.82) is 0 Å². The van der Waals surface area contributed by atoms with Crippen molar-refractivity contribution in [3.8, 4) is 11.5 Å². The number of carbonyl (C=O) groups excluding carboxylic acids is 1. The van der Waals surface area contributed by atoms with Crippen LogP contribution in [0.4, 0.5) is 0 Å². The van der Waals surface area contributed by atoms with Crippen LogP contribution in [-0.4, -0.2) is 43.3 Å². The van der Waals surface area contributed by atoms with Crippen LogP contribution in [-0.2, 0) is 5.75 Å². The SMILES string of the molecule is COc1cc(OC)cc(C(=O)N2CCN=C2SCc2ccc(Br)cc2)c1. The number of hydrogen-bond donors (Lipinski definition) is 0. The third kappa shape index (κ3) is 4.40. The molecular formula is C19H19BrN2O3S. The van der Waals surface area contributed by atoms with Crippen molar-refractivity contribution in [2.24, 2.45) is 4.99 Å². The van der Waals surface area contributed by atoms with Gasteiger partial charge in [0.1, 0.15) is 11.5 Å². The number of halogens is 1. The third-order valence-corrected chi connectivity index (χ3v) is 5.54. The molecule has 2 aromatic rings. The van der Waals surface area contributed by atoms with Gasteiger partial charge in [-0.1, -0.05) is 39.8 Å². The number of methoxy groups -OCH3 is 2. The molecule has 0 spiro atoms. The van der Waals surface area contributed by atoms with E-state index in [9.17, 15) is 4.79 Å². The second-order valence-corrected chi connectivity index (χ2v) is 7.50. The van der Waals surface area contributed by atoms with Gasteiger partial charge in [0.25, 0.3) is 5.91 Å². The van der Waals surface area contributed by atoms with Gasteiger partial charge in [0, 0.05) is 28.4 Å². The fraction of sp³-hybridized carbons (Fsp3) is 0.263. The number of rotatable bonds is 5. The molecular weight excluding hydrogens is 416 g/mol. The van der Waals surface area contributed by atoms with Crippen LogP contribution >= 0.6 is 27.7 Å². The minimum atomic E-state index is -0.0956. The Morgan fingerprint density at radius 2 is 1.81 bits per heavy atom. The number of amidine groups is 1. The Labute approximate surface area is 165 Å². The lowest BCUT2D eigenvalue weighted by molar-refractivity contribution is 0.0860. The molecule has 2 aromatic carbocycles. The lowest BCUT2D eigenvalue weighted by Gasteiger charge is -2.18. The summed E-state index contributed by atoms with van der Waals surface area (Å²) in [4.78, 5) is 19.2. The third-order valence-electron chi connectivity index (χ3n) is 3.93. The summed E-state index contributed by atoms with van der Waals surface area (Å²) in [6, 6.07) is 13.3. The van der Waals surface area contributed by atoms with Crippen LogP contribution in [0.1, 0.15) is 15.9 Å². The van der Waals surface area contributed by atoms with E-state index in [0.717, 1.165) is 15.4 Å². The van der Waals surface area contributed by atoms with Gasteiger partial charge in [0.05, 0.1) is 20.8 Å². The van der Waals surface area contributed by atoms with Gasteiger partial charge in [-0.3, -0.25) is 14.7 Å². The normalized spacial score (nSPS) is 13.5. The van der Waals surface area contributed by atoms with Crippen LogP contribution in [0, 0.1) is 0 Å². The molecule has 0 aromatic heterocycles. The van der Waals surface area contributed by atoms with Gasteiger partial charge >= 0.3 is 0 Å². The average Bonchev–Trinajstić information content (AvgIpc) is 3.15. The number of amides is 1. The first-order chi connectivity index (χ1) is 12.6. The fourth-order valence-corrected chi connectivity index (χ4v) is 3.82. The molecule has 0 fully saturated rings. The highest BCUT2D eigenvalue weighted by Crippen LogP contribution is 2.26. The predicted molar refractivity (Wildman–Crippen MR) is 108 cm³/mol. The van der Waals surface area contributed by atoms with Gasteiger partial charge in [-0.05, 0) is 29.8 Å². The minimum absolute atomic E-state index is 0.0956. The van der Waals surface area contributed by atoms with Crippen molar-refractivity contribution in [3.63, 3.8) is 0 Å². The molecule has 5 nitrogen and oxygen atoms in total. The number of benzene rings is 2. The zero-order chi connectivity index (χ0) is 18.5. The summed E-state index contributed by atoms with van der Waals surface area (Å²) in [6.07, 6.45) is 0. The smallest absolute Gasteiger partial charge is 0.260 e. The largest absolute Gasteiger partial charge is 0.497 e. The van der Waals surface area contributed by atoms with Crippen LogP contribution in [0.3, 0.4) is 0 Å². The van der Waals surface area contributed by atoms with Gasteiger partial charge in [-0.15, -0.1) is 0 Å². The Morgan fingerprint density at radius 3 is 2.42 bits per heavy atom. The molecule has 0 saturated heterocycles. The Hall–Kier alpha value is -1.99. The summed E-state index contributed by atoms with van der Waals surface area (Å²) in [5.74, 6) is 1.85. The number of ether oxygens (including phenoxy) is 2. The minimum Gasteiger partial charge on any atom is -0.497 e. The molecule has 0 saturated carbocycles. The van der Waals surface area contributed by atoms with E-state index in [1.54, 1.807) is 49.1 Å². The molecule has 1 aliphatic heterocycles. The van der Waals surface area contributed by atoms with Crippen molar-refractivity contribution in [2.75, 3.05) is 27.3 Å². The molecule has 1 aliphatic rings. The quantitative estimate of drug-likeness (QED) is 0.706. The molecule has 0 radical (unpaired) electrons. The molecule has 3 rings (SSSR count). The maximum atomic E-state index is 13.0. The molecule has 1 heterocycles. The van der Waals surface area contributed by atoms with Crippen LogP contribution in [0.25, 0.3) is 0 Å².